The molecule has 2 N–H and O–H groups in total. The zero-order chi connectivity index (χ0) is 22.0. The minimum Gasteiger partial charge on any atom is -0.493 e. The lowest BCUT2D eigenvalue weighted by molar-refractivity contribution is -0.644. The molecule has 0 amide bonds. The van der Waals surface area contributed by atoms with Crippen molar-refractivity contribution in [2.24, 2.45) is 7.05 Å². The van der Waals surface area contributed by atoms with Gasteiger partial charge in [0.25, 0.3) is 0 Å². The van der Waals surface area contributed by atoms with Gasteiger partial charge in [-0.25, -0.2) is 4.57 Å². The fourth-order valence-corrected chi connectivity index (χ4v) is 4.12. The molecule has 0 aliphatic carbocycles. The van der Waals surface area contributed by atoms with Crippen LogP contribution < -0.4 is 14.0 Å². The maximum absolute atomic E-state index is 10.2. The Balaban J connectivity index is 2.04. The Labute approximate surface area is 181 Å². The lowest BCUT2D eigenvalue weighted by Gasteiger charge is -2.16. The molecule has 0 saturated heterocycles. The lowest BCUT2D eigenvalue weighted by atomic mass is 9.90. The number of aryl methyl sites for hydroxylation is 1. The summed E-state index contributed by atoms with van der Waals surface area (Å²) < 4.78 is 12.9. The van der Waals surface area contributed by atoms with Crippen molar-refractivity contribution in [1.29, 1.82) is 0 Å². The molecule has 0 atom stereocenters. The van der Waals surface area contributed by atoms with Crippen LogP contribution >= 0.6 is 0 Å². The number of hydrogen-bond acceptors (Lipinski definition) is 4. The van der Waals surface area contributed by atoms with Gasteiger partial charge in [0.05, 0.1) is 32.8 Å². The number of pyridine rings is 1. The van der Waals surface area contributed by atoms with Crippen LogP contribution in [0.25, 0.3) is 33.2 Å². The minimum absolute atomic E-state index is 0.136. The Hall–Kier alpha value is -3.41. The molecule has 5 heteroatoms. The van der Waals surface area contributed by atoms with Crippen LogP contribution in [0.1, 0.15) is 11.1 Å². The van der Waals surface area contributed by atoms with E-state index in [2.05, 4.69) is 12.3 Å². The Morgan fingerprint density at radius 2 is 1.52 bits per heavy atom. The van der Waals surface area contributed by atoms with Crippen molar-refractivity contribution in [2.45, 2.75) is 13.2 Å². The smallest absolute Gasteiger partial charge is 0.213 e. The van der Waals surface area contributed by atoms with Gasteiger partial charge in [0.2, 0.25) is 5.52 Å². The van der Waals surface area contributed by atoms with Gasteiger partial charge in [-0.2, -0.15) is 0 Å². The van der Waals surface area contributed by atoms with Crippen molar-refractivity contribution in [2.75, 3.05) is 14.2 Å². The SMILES string of the molecule is COc1ccc(-c2cc3c(-c4ccccc4)c(CO)c(CO)cc3[n+](C)c2)cc1OC. The Bertz CT molecular complexity index is 1240. The van der Waals surface area contributed by atoms with Crippen LogP contribution in [0.4, 0.5) is 0 Å². The predicted molar refractivity (Wildman–Crippen MR) is 121 cm³/mol. The number of methoxy groups -OCH3 is 2. The molecule has 3 aromatic carbocycles. The molecule has 5 nitrogen and oxygen atoms in total. The largest absolute Gasteiger partial charge is 0.493 e. The summed E-state index contributed by atoms with van der Waals surface area (Å²) in [6.07, 6.45) is 2.05. The second-order valence-electron chi connectivity index (χ2n) is 7.41. The van der Waals surface area contributed by atoms with Crippen LogP contribution in [-0.4, -0.2) is 24.4 Å². The lowest BCUT2D eigenvalue weighted by Crippen LogP contribution is -2.29. The van der Waals surface area contributed by atoms with Crippen molar-refractivity contribution < 1.29 is 24.3 Å². The number of hydrogen-bond donors (Lipinski definition) is 2. The van der Waals surface area contributed by atoms with Crippen molar-refractivity contribution in [3.05, 3.63) is 78.0 Å². The highest BCUT2D eigenvalue weighted by atomic mass is 16.5. The van der Waals surface area contributed by atoms with E-state index in [9.17, 15) is 10.2 Å². The maximum Gasteiger partial charge on any atom is 0.213 e. The van der Waals surface area contributed by atoms with E-state index in [1.807, 2.05) is 66.2 Å². The highest BCUT2D eigenvalue weighted by molar-refractivity contribution is 5.97. The van der Waals surface area contributed by atoms with E-state index in [4.69, 9.17) is 9.47 Å². The van der Waals surface area contributed by atoms with Crippen LogP contribution in [0, 0.1) is 0 Å². The van der Waals surface area contributed by atoms with Gasteiger partial charge >= 0.3 is 0 Å². The summed E-state index contributed by atoms with van der Waals surface area (Å²) in [6, 6.07) is 19.9. The number of fused-ring (bicyclic) bond motifs is 1. The van der Waals surface area contributed by atoms with Crippen LogP contribution in [0.2, 0.25) is 0 Å². The first kappa shape index (κ1) is 20.8. The molecule has 158 valence electrons. The first-order valence-electron chi connectivity index (χ1n) is 10.1. The fourth-order valence-electron chi connectivity index (χ4n) is 4.12. The Morgan fingerprint density at radius 1 is 0.774 bits per heavy atom. The van der Waals surface area contributed by atoms with Gasteiger partial charge in [0.15, 0.2) is 17.7 Å². The molecule has 4 rings (SSSR count). The molecule has 0 saturated carbocycles. The van der Waals surface area contributed by atoms with Crippen molar-refractivity contribution >= 4 is 10.9 Å². The molecule has 0 bridgehead atoms. The van der Waals surface area contributed by atoms with E-state index in [1.54, 1.807) is 14.2 Å². The molecule has 4 aromatic rings. The third-order valence-electron chi connectivity index (χ3n) is 5.67. The summed E-state index contributed by atoms with van der Waals surface area (Å²) in [5.41, 5.74) is 6.37. The zero-order valence-corrected chi connectivity index (χ0v) is 17.9. The van der Waals surface area contributed by atoms with Crippen LogP contribution in [0.3, 0.4) is 0 Å². The Kier molecular flexibility index (Phi) is 5.89. The number of nitrogens with zero attached hydrogens (tertiary/aromatic N) is 1. The van der Waals surface area contributed by atoms with Crippen molar-refractivity contribution in [3.63, 3.8) is 0 Å². The molecule has 1 heterocycles. The van der Waals surface area contributed by atoms with Gasteiger partial charge in [-0.15, -0.1) is 0 Å². The molecular weight excluding hydrogens is 390 g/mol. The summed E-state index contributed by atoms with van der Waals surface area (Å²) in [7, 11) is 5.23. The average Bonchev–Trinajstić information content (AvgIpc) is 2.82. The van der Waals surface area contributed by atoms with E-state index in [0.717, 1.165) is 44.3 Å². The first-order chi connectivity index (χ1) is 15.1. The molecule has 0 spiro atoms. The monoisotopic (exact) mass is 416 g/mol. The third kappa shape index (κ3) is 3.74. The van der Waals surface area contributed by atoms with E-state index in [0.29, 0.717) is 11.5 Å². The van der Waals surface area contributed by atoms with E-state index in [1.165, 1.54) is 0 Å². The molecule has 0 radical (unpaired) electrons. The molecule has 0 unspecified atom stereocenters. The number of ether oxygens (including phenoxy) is 2. The van der Waals surface area contributed by atoms with Gasteiger partial charge in [-0.3, -0.25) is 0 Å². The van der Waals surface area contributed by atoms with Gasteiger partial charge < -0.3 is 19.7 Å². The molecule has 31 heavy (non-hydrogen) atoms. The number of aromatic nitrogens is 1. The Morgan fingerprint density at radius 3 is 2.16 bits per heavy atom. The normalized spacial score (nSPS) is 11.0. The standard InChI is InChI=1S/C26H26NO4/c1-27-14-19(18-9-10-24(30-2)25(13-18)31-3)11-21-23(27)12-20(15-28)22(16-29)26(21)17-7-5-4-6-8-17/h4-14,28-29H,15-16H2,1-3H3/q+1. The molecule has 1 aromatic heterocycles. The van der Waals surface area contributed by atoms with Gasteiger partial charge in [0.1, 0.15) is 7.05 Å². The highest BCUT2D eigenvalue weighted by Gasteiger charge is 2.21. The van der Waals surface area contributed by atoms with Crippen molar-refractivity contribution in [3.8, 4) is 33.8 Å². The van der Waals surface area contributed by atoms with Gasteiger partial charge in [-0.05, 0) is 40.5 Å². The summed E-state index contributed by atoms with van der Waals surface area (Å²) in [5.74, 6) is 1.34. The number of rotatable bonds is 6. The van der Waals surface area contributed by atoms with Crippen LogP contribution in [0.15, 0.2) is 66.9 Å². The number of aliphatic hydroxyl groups is 2. The predicted octanol–water partition coefficient (Wildman–Crippen LogP) is 4.00. The van der Waals surface area contributed by atoms with Crippen LogP contribution in [-0.2, 0) is 20.3 Å². The summed E-state index contributed by atoms with van der Waals surface area (Å²) in [4.78, 5) is 0. The summed E-state index contributed by atoms with van der Waals surface area (Å²) >= 11 is 0. The van der Waals surface area contributed by atoms with Crippen LogP contribution in [0.5, 0.6) is 11.5 Å². The first-order valence-corrected chi connectivity index (χ1v) is 10.1. The summed E-state index contributed by atoms with van der Waals surface area (Å²) in [6.45, 7) is -0.288. The number of aliphatic hydroxyl groups excluding tert-OH is 2. The highest BCUT2D eigenvalue weighted by Crippen LogP contribution is 2.37. The zero-order valence-electron chi connectivity index (χ0n) is 17.9. The van der Waals surface area contributed by atoms with Gasteiger partial charge in [-0.1, -0.05) is 36.4 Å². The average molecular weight is 416 g/mol. The molecule has 0 aliphatic heterocycles. The molecular formula is C26H26NO4+. The molecule has 0 aliphatic rings. The second kappa shape index (κ2) is 8.76. The molecule has 0 fully saturated rings. The van der Waals surface area contributed by atoms with E-state index < -0.39 is 0 Å². The summed E-state index contributed by atoms with van der Waals surface area (Å²) in [5, 5.41) is 21.2. The quantitative estimate of drug-likeness (QED) is 0.467. The van der Waals surface area contributed by atoms with E-state index in [-0.39, 0.29) is 13.2 Å². The second-order valence-corrected chi connectivity index (χ2v) is 7.41. The topological polar surface area (TPSA) is 62.8 Å². The van der Waals surface area contributed by atoms with Crippen molar-refractivity contribution in [1.82, 2.24) is 0 Å². The maximum atomic E-state index is 10.2. The van der Waals surface area contributed by atoms with Gasteiger partial charge in [0, 0.05) is 17.2 Å². The fraction of sp³-hybridized carbons (Fsp3) is 0.192. The van der Waals surface area contributed by atoms with E-state index >= 15 is 0 Å². The minimum atomic E-state index is -0.152. The third-order valence-corrected chi connectivity index (χ3v) is 5.67. The number of benzene rings is 3.